The second-order valence-electron chi connectivity index (χ2n) is 2.78. The monoisotopic (exact) mass is 254 g/mol. The summed E-state index contributed by atoms with van der Waals surface area (Å²) in [6.07, 6.45) is -4.84. The van der Waals surface area contributed by atoms with Crippen LogP contribution in [0.1, 0.15) is 10.4 Å². The first-order chi connectivity index (χ1) is 7.33. The van der Waals surface area contributed by atoms with E-state index in [-0.39, 0.29) is 11.4 Å². The Labute approximate surface area is 93.4 Å². The zero-order valence-corrected chi connectivity index (χ0v) is 8.47. The van der Waals surface area contributed by atoms with E-state index in [4.69, 9.17) is 11.6 Å². The first kappa shape index (κ1) is 12.6. The summed E-state index contributed by atoms with van der Waals surface area (Å²) in [4.78, 5) is 11.1. The summed E-state index contributed by atoms with van der Waals surface area (Å²) in [6.45, 7) is 0. The average molecular weight is 255 g/mol. The van der Waals surface area contributed by atoms with Crippen LogP contribution in [0.25, 0.3) is 0 Å². The Morgan fingerprint density at radius 2 is 2.06 bits per heavy atom. The molecule has 0 amide bonds. The molecule has 1 aromatic rings. The Bertz CT molecular complexity index is 403. The number of rotatable bonds is 3. The lowest BCUT2D eigenvalue weighted by molar-refractivity contribution is -0.274. The van der Waals surface area contributed by atoms with Crippen molar-refractivity contribution in [2.75, 3.05) is 5.88 Å². The van der Waals surface area contributed by atoms with Crippen molar-refractivity contribution < 1.29 is 27.8 Å². The number of ether oxygens (including phenoxy) is 1. The van der Waals surface area contributed by atoms with Crippen molar-refractivity contribution in [3.8, 4) is 11.5 Å². The van der Waals surface area contributed by atoms with E-state index in [0.717, 1.165) is 12.1 Å². The molecular weight excluding hydrogens is 249 g/mol. The average Bonchev–Trinajstić information content (AvgIpc) is 2.14. The molecule has 0 unspecified atom stereocenters. The van der Waals surface area contributed by atoms with E-state index in [1.54, 1.807) is 0 Å². The molecule has 0 aliphatic heterocycles. The number of hydrogen-bond acceptors (Lipinski definition) is 3. The summed E-state index contributed by atoms with van der Waals surface area (Å²) in [5.74, 6) is -2.16. The normalized spacial score (nSPS) is 11.2. The number of ketones is 1. The highest BCUT2D eigenvalue weighted by Crippen LogP contribution is 2.28. The van der Waals surface area contributed by atoms with Gasteiger partial charge in [0.15, 0.2) is 5.78 Å². The molecule has 7 heteroatoms. The standard InChI is InChI=1S/C9H6ClF3O3/c10-4-8(15)6-2-1-5(3-7(6)14)16-9(11,12)13/h1-3,14H,4H2. The molecule has 0 saturated heterocycles. The maximum Gasteiger partial charge on any atom is 0.573 e. The van der Waals surface area contributed by atoms with E-state index < -0.39 is 23.6 Å². The lowest BCUT2D eigenvalue weighted by atomic mass is 10.1. The third-order valence-corrected chi connectivity index (χ3v) is 1.87. The third kappa shape index (κ3) is 3.30. The van der Waals surface area contributed by atoms with Gasteiger partial charge in [0.05, 0.1) is 11.4 Å². The maximum atomic E-state index is 11.8. The molecule has 1 aromatic carbocycles. The van der Waals surface area contributed by atoms with Gasteiger partial charge in [-0.3, -0.25) is 4.79 Å². The Balaban J connectivity index is 2.96. The van der Waals surface area contributed by atoms with Crippen LogP contribution in [-0.4, -0.2) is 23.1 Å². The highest BCUT2D eigenvalue weighted by molar-refractivity contribution is 6.30. The number of Topliss-reactive ketones (excluding diaryl/α,β-unsaturated/α-hetero) is 1. The van der Waals surface area contributed by atoms with Crippen LogP contribution in [0.3, 0.4) is 0 Å². The minimum Gasteiger partial charge on any atom is -0.507 e. The number of carbonyl (C=O) groups is 1. The summed E-state index contributed by atoms with van der Waals surface area (Å²) in [5.41, 5.74) is -0.149. The number of alkyl halides is 4. The van der Waals surface area contributed by atoms with Gasteiger partial charge in [0.25, 0.3) is 0 Å². The van der Waals surface area contributed by atoms with Gasteiger partial charge < -0.3 is 9.84 Å². The fourth-order valence-electron chi connectivity index (χ4n) is 1.02. The van der Waals surface area contributed by atoms with Crippen LogP contribution in [0.4, 0.5) is 13.2 Å². The van der Waals surface area contributed by atoms with Gasteiger partial charge in [0.2, 0.25) is 0 Å². The second-order valence-corrected chi connectivity index (χ2v) is 3.05. The summed E-state index contributed by atoms with van der Waals surface area (Å²) >= 11 is 5.23. The van der Waals surface area contributed by atoms with E-state index >= 15 is 0 Å². The minimum absolute atomic E-state index is 0.149. The third-order valence-electron chi connectivity index (χ3n) is 1.62. The maximum absolute atomic E-state index is 11.8. The highest BCUT2D eigenvalue weighted by Gasteiger charge is 2.31. The smallest absolute Gasteiger partial charge is 0.507 e. The van der Waals surface area contributed by atoms with Crippen LogP contribution in [0.2, 0.25) is 0 Å². The molecule has 1 rings (SSSR count). The molecule has 0 heterocycles. The topological polar surface area (TPSA) is 46.5 Å². The number of phenols is 1. The Hall–Kier alpha value is -1.43. The summed E-state index contributed by atoms with van der Waals surface area (Å²) in [6, 6.07) is 2.64. The van der Waals surface area contributed by atoms with Crippen molar-refractivity contribution in [2.45, 2.75) is 6.36 Å². The van der Waals surface area contributed by atoms with Gasteiger partial charge in [-0.15, -0.1) is 24.8 Å². The number of halogens is 4. The van der Waals surface area contributed by atoms with Crippen molar-refractivity contribution >= 4 is 17.4 Å². The SMILES string of the molecule is O=C(CCl)c1ccc(OC(F)(F)F)cc1O. The van der Waals surface area contributed by atoms with Crippen molar-refractivity contribution in [3.63, 3.8) is 0 Å². The van der Waals surface area contributed by atoms with Crippen LogP contribution >= 0.6 is 11.6 Å². The zero-order chi connectivity index (χ0) is 12.3. The molecule has 0 aliphatic carbocycles. The largest absolute Gasteiger partial charge is 0.573 e. The molecular formula is C9H6ClF3O3. The molecule has 3 nitrogen and oxygen atoms in total. The lowest BCUT2D eigenvalue weighted by Crippen LogP contribution is -2.17. The zero-order valence-electron chi connectivity index (χ0n) is 7.71. The fraction of sp³-hybridized carbons (Fsp3) is 0.222. The van der Waals surface area contributed by atoms with Gasteiger partial charge in [-0.25, -0.2) is 0 Å². The molecule has 0 fully saturated rings. The predicted octanol–water partition coefficient (Wildman–Crippen LogP) is 2.71. The van der Waals surface area contributed by atoms with Crippen molar-refractivity contribution in [3.05, 3.63) is 23.8 Å². The Morgan fingerprint density at radius 3 is 2.50 bits per heavy atom. The van der Waals surface area contributed by atoms with Crippen LogP contribution in [0.5, 0.6) is 11.5 Å². The molecule has 0 spiro atoms. The summed E-state index contributed by atoms with van der Waals surface area (Å²) in [7, 11) is 0. The molecule has 88 valence electrons. The fourth-order valence-corrected chi connectivity index (χ4v) is 1.16. The molecule has 0 atom stereocenters. The highest BCUT2D eigenvalue weighted by atomic mass is 35.5. The van der Waals surface area contributed by atoms with Gasteiger partial charge >= 0.3 is 6.36 Å². The van der Waals surface area contributed by atoms with Gasteiger partial charge in [-0.1, -0.05) is 0 Å². The van der Waals surface area contributed by atoms with Gasteiger partial charge in [0.1, 0.15) is 11.5 Å². The molecule has 0 aliphatic rings. The lowest BCUT2D eigenvalue weighted by Gasteiger charge is -2.09. The van der Waals surface area contributed by atoms with E-state index in [2.05, 4.69) is 4.74 Å². The number of benzene rings is 1. The van der Waals surface area contributed by atoms with Crippen LogP contribution in [0, 0.1) is 0 Å². The number of hydrogen-bond donors (Lipinski definition) is 1. The van der Waals surface area contributed by atoms with E-state index in [1.165, 1.54) is 0 Å². The van der Waals surface area contributed by atoms with Crippen molar-refractivity contribution in [1.29, 1.82) is 0 Å². The quantitative estimate of drug-likeness (QED) is 0.666. The molecule has 0 saturated carbocycles. The number of carbonyl (C=O) groups excluding carboxylic acids is 1. The number of phenolic OH excluding ortho intramolecular Hbond substituents is 1. The van der Waals surface area contributed by atoms with Crippen LogP contribution in [0.15, 0.2) is 18.2 Å². The van der Waals surface area contributed by atoms with Crippen molar-refractivity contribution in [2.24, 2.45) is 0 Å². The van der Waals surface area contributed by atoms with E-state index in [9.17, 15) is 23.1 Å². The minimum atomic E-state index is -4.84. The van der Waals surface area contributed by atoms with Gasteiger partial charge in [0, 0.05) is 6.07 Å². The number of aromatic hydroxyl groups is 1. The summed E-state index contributed by atoms with van der Waals surface area (Å²) in [5, 5.41) is 9.26. The summed E-state index contributed by atoms with van der Waals surface area (Å²) < 4.78 is 39.0. The van der Waals surface area contributed by atoms with E-state index in [0.29, 0.717) is 6.07 Å². The Morgan fingerprint density at radius 1 is 1.44 bits per heavy atom. The van der Waals surface area contributed by atoms with Gasteiger partial charge in [-0.05, 0) is 12.1 Å². The molecule has 1 N–H and O–H groups in total. The predicted molar refractivity (Wildman–Crippen MR) is 49.8 cm³/mol. The molecule has 0 aromatic heterocycles. The second kappa shape index (κ2) is 4.61. The Kier molecular flexibility index (Phi) is 3.64. The molecule has 16 heavy (non-hydrogen) atoms. The molecule has 0 bridgehead atoms. The first-order valence-corrected chi connectivity index (χ1v) is 4.55. The molecule has 0 radical (unpaired) electrons. The van der Waals surface area contributed by atoms with E-state index in [1.807, 2.05) is 0 Å². The van der Waals surface area contributed by atoms with Crippen LogP contribution < -0.4 is 4.74 Å². The van der Waals surface area contributed by atoms with Crippen LogP contribution in [-0.2, 0) is 0 Å². The van der Waals surface area contributed by atoms with Gasteiger partial charge in [-0.2, -0.15) is 0 Å². The van der Waals surface area contributed by atoms with Crippen molar-refractivity contribution in [1.82, 2.24) is 0 Å². The first-order valence-electron chi connectivity index (χ1n) is 4.01.